The van der Waals surface area contributed by atoms with Gasteiger partial charge < -0.3 is 20.1 Å². The third kappa shape index (κ3) is 4.25. The van der Waals surface area contributed by atoms with Crippen LogP contribution in [-0.4, -0.2) is 24.9 Å². The molecule has 1 aliphatic heterocycles. The Morgan fingerprint density at radius 1 is 1.00 bits per heavy atom. The Labute approximate surface area is 172 Å². The minimum Gasteiger partial charge on any atom is -0.486 e. The van der Waals surface area contributed by atoms with E-state index < -0.39 is 6.04 Å². The van der Waals surface area contributed by atoms with Crippen molar-refractivity contribution in [1.82, 2.24) is 0 Å². The summed E-state index contributed by atoms with van der Waals surface area (Å²) in [6.07, 6.45) is 0. The van der Waals surface area contributed by atoms with Gasteiger partial charge in [-0.15, -0.1) is 11.3 Å². The van der Waals surface area contributed by atoms with Crippen LogP contribution in [0.25, 0.3) is 0 Å². The van der Waals surface area contributed by atoms with Crippen molar-refractivity contribution in [1.29, 1.82) is 0 Å². The van der Waals surface area contributed by atoms with E-state index in [0.29, 0.717) is 41.7 Å². The predicted octanol–water partition coefficient (Wildman–Crippen LogP) is 4.51. The lowest BCUT2D eigenvalue weighted by molar-refractivity contribution is -0.117. The number of fused-ring (bicyclic) bond motifs is 1. The molecule has 7 heteroatoms. The molecular weight excluding hydrogens is 388 g/mol. The number of ether oxygens (including phenoxy) is 2. The largest absolute Gasteiger partial charge is 0.486 e. The van der Waals surface area contributed by atoms with E-state index in [1.165, 1.54) is 18.3 Å². The third-order valence-electron chi connectivity index (χ3n) is 4.51. The molecule has 2 heterocycles. The standard InChI is InChI=1S/C22H20N2O4S/c1-14(25)16-5-2-3-6-17(16)24-21(20-7-4-12-29-20)22(26)23-15-8-9-18-19(13-15)28-11-10-27-18/h2-9,12-13,21,24H,10-11H2,1H3,(H,23,26). The van der Waals surface area contributed by atoms with E-state index in [-0.39, 0.29) is 11.7 Å². The Morgan fingerprint density at radius 3 is 2.55 bits per heavy atom. The van der Waals surface area contributed by atoms with Gasteiger partial charge in [-0.2, -0.15) is 0 Å². The van der Waals surface area contributed by atoms with Crippen LogP contribution in [0.5, 0.6) is 11.5 Å². The first-order chi connectivity index (χ1) is 14.1. The molecule has 0 spiro atoms. The maximum absolute atomic E-state index is 13.1. The van der Waals surface area contributed by atoms with Crippen LogP contribution in [0.1, 0.15) is 28.2 Å². The highest BCUT2D eigenvalue weighted by atomic mass is 32.1. The summed E-state index contributed by atoms with van der Waals surface area (Å²) in [5.41, 5.74) is 1.78. The van der Waals surface area contributed by atoms with Crippen molar-refractivity contribution in [2.75, 3.05) is 23.8 Å². The van der Waals surface area contributed by atoms with E-state index in [4.69, 9.17) is 9.47 Å². The van der Waals surface area contributed by atoms with E-state index >= 15 is 0 Å². The summed E-state index contributed by atoms with van der Waals surface area (Å²) in [5.74, 6) is 0.974. The Balaban J connectivity index is 1.59. The number of para-hydroxylation sites is 1. The maximum Gasteiger partial charge on any atom is 0.252 e. The number of carbonyl (C=O) groups excluding carboxylic acids is 2. The average Bonchev–Trinajstić information content (AvgIpc) is 3.26. The van der Waals surface area contributed by atoms with Crippen LogP contribution in [0.15, 0.2) is 60.0 Å². The van der Waals surface area contributed by atoms with Gasteiger partial charge in [0.1, 0.15) is 19.3 Å². The average molecular weight is 408 g/mol. The number of rotatable bonds is 6. The van der Waals surface area contributed by atoms with Gasteiger partial charge in [0.2, 0.25) is 0 Å². The second kappa shape index (κ2) is 8.36. The van der Waals surface area contributed by atoms with E-state index in [1.807, 2.05) is 23.6 Å². The van der Waals surface area contributed by atoms with Crippen LogP contribution in [0.3, 0.4) is 0 Å². The highest BCUT2D eigenvalue weighted by Crippen LogP contribution is 2.33. The van der Waals surface area contributed by atoms with Crippen LogP contribution in [0.2, 0.25) is 0 Å². The van der Waals surface area contributed by atoms with Gasteiger partial charge >= 0.3 is 0 Å². The Morgan fingerprint density at radius 2 is 1.79 bits per heavy atom. The van der Waals surface area contributed by atoms with Crippen molar-refractivity contribution in [3.63, 3.8) is 0 Å². The van der Waals surface area contributed by atoms with Gasteiger partial charge in [-0.05, 0) is 42.6 Å². The monoisotopic (exact) mass is 408 g/mol. The van der Waals surface area contributed by atoms with Gasteiger partial charge in [0.15, 0.2) is 17.3 Å². The molecule has 0 saturated heterocycles. The van der Waals surface area contributed by atoms with Crippen molar-refractivity contribution in [3.05, 3.63) is 70.4 Å². The fourth-order valence-corrected chi connectivity index (χ4v) is 3.90. The molecule has 1 aromatic heterocycles. The summed E-state index contributed by atoms with van der Waals surface area (Å²) in [5, 5.41) is 8.08. The van der Waals surface area contributed by atoms with Crippen LogP contribution < -0.4 is 20.1 Å². The first-order valence-electron chi connectivity index (χ1n) is 9.22. The summed E-state index contributed by atoms with van der Waals surface area (Å²) >= 11 is 1.47. The molecule has 0 radical (unpaired) electrons. The first-order valence-corrected chi connectivity index (χ1v) is 10.1. The minimum atomic E-state index is -0.649. The molecule has 3 aromatic rings. The van der Waals surface area contributed by atoms with Gasteiger partial charge in [0.25, 0.3) is 5.91 Å². The van der Waals surface area contributed by atoms with E-state index in [2.05, 4.69) is 10.6 Å². The number of hydrogen-bond donors (Lipinski definition) is 2. The van der Waals surface area contributed by atoms with Gasteiger partial charge in [-0.1, -0.05) is 18.2 Å². The van der Waals surface area contributed by atoms with E-state index in [9.17, 15) is 9.59 Å². The molecule has 0 bridgehead atoms. The van der Waals surface area contributed by atoms with Crippen molar-refractivity contribution in [2.24, 2.45) is 0 Å². The van der Waals surface area contributed by atoms with Crippen molar-refractivity contribution in [2.45, 2.75) is 13.0 Å². The number of carbonyl (C=O) groups is 2. The van der Waals surface area contributed by atoms with Gasteiger partial charge in [0, 0.05) is 27.9 Å². The second-order valence-corrected chi connectivity index (χ2v) is 7.52. The number of thiophene rings is 1. The van der Waals surface area contributed by atoms with E-state index in [1.54, 1.807) is 36.4 Å². The van der Waals surface area contributed by atoms with Gasteiger partial charge in [-0.25, -0.2) is 0 Å². The fourth-order valence-electron chi connectivity index (χ4n) is 3.13. The van der Waals surface area contributed by atoms with Crippen molar-refractivity contribution < 1.29 is 19.1 Å². The Kier molecular flexibility index (Phi) is 5.48. The number of hydrogen-bond acceptors (Lipinski definition) is 6. The zero-order chi connectivity index (χ0) is 20.2. The molecule has 0 aliphatic carbocycles. The molecule has 1 amide bonds. The zero-order valence-electron chi connectivity index (χ0n) is 15.8. The predicted molar refractivity (Wildman–Crippen MR) is 113 cm³/mol. The molecule has 1 aliphatic rings. The van der Waals surface area contributed by atoms with Gasteiger partial charge in [-0.3, -0.25) is 9.59 Å². The molecule has 148 valence electrons. The molecule has 1 unspecified atom stereocenters. The number of amides is 1. The maximum atomic E-state index is 13.1. The Hall–Kier alpha value is -3.32. The summed E-state index contributed by atoms with van der Waals surface area (Å²) in [7, 11) is 0. The lowest BCUT2D eigenvalue weighted by atomic mass is 10.1. The number of benzene rings is 2. The van der Waals surface area contributed by atoms with Crippen LogP contribution in [-0.2, 0) is 4.79 Å². The smallest absolute Gasteiger partial charge is 0.252 e. The molecule has 1 atom stereocenters. The SMILES string of the molecule is CC(=O)c1ccccc1NC(C(=O)Nc1ccc2c(c1)OCCO2)c1cccs1. The molecule has 0 saturated carbocycles. The quantitative estimate of drug-likeness (QED) is 0.587. The lowest BCUT2D eigenvalue weighted by Crippen LogP contribution is -2.27. The summed E-state index contributed by atoms with van der Waals surface area (Å²) < 4.78 is 11.1. The molecule has 4 rings (SSSR count). The number of anilines is 2. The van der Waals surface area contributed by atoms with Crippen molar-refractivity contribution in [3.8, 4) is 11.5 Å². The van der Waals surface area contributed by atoms with E-state index in [0.717, 1.165) is 4.88 Å². The molecule has 6 nitrogen and oxygen atoms in total. The zero-order valence-corrected chi connectivity index (χ0v) is 16.6. The summed E-state index contributed by atoms with van der Waals surface area (Å²) in [6.45, 7) is 2.50. The Bertz CT molecular complexity index is 1030. The molecule has 0 fully saturated rings. The fraction of sp³-hybridized carbons (Fsp3) is 0.182. The molecule has 2 N–H and O–H groups in total. The summed E-state index contributed by atoms with van der Waals surface area (Å²) in [4.78, 5) is 26.0. The van der Waals surface area contributed by atoms with Crippen LogP contribution in [0.4, 0.5) is 11.4 Å². The van der Waals surface area contributed by atoms with Crippen LogP contribution in [0, 0.1) is 0 Å². The first kappa shape index (κ1) is 19.0. The number of ketones is 1. The van der Waals surface area contributed by atoms with Crippen molar-refractivity contribution >= 4 is 34.4 Å². The van der Waals surface area contributed by atoms with Gasteiger partial charge in [0.05, 0.1) is 0 Å². The second-order valence-electron chi connectivity index (χ2n) is 6.54. The highest BCUT2D eigenvalue weighted by molar-refractivity contribution is 7.10. The molecular formula is C22H20N2O4S. The van der Waals surface area contributed by atoms with Crippen LogP contribution >= 0.6 is 11.3 Å². The number of nitrogens with one attached hydrogen (secondary N) is 2. The molecule has 29 heavy (non-hydrogen) atoms. The third-order valence-corrected chi connectivity index (χ3v) is 5.44. The number of Topliss-reactive ketones (excluding diaryl/α,β-unsaturated/α-hetero) is 1. The topological polar surface area (TPSA) is 76.7 Å². The lowest BCUT2D eigenvalue weighted by Gasteiger charge is -2.21. The molecule has 2 aromatic carbocycles. The summed E-state index contributed by atoms with van der Waals surface area (Å²) in [6, 6.07) is 15.6. The highest BCUT2D eigenvalue weighted by Gasteiger charge is 2.24. The normalized spacial score (nSPS) is 13.4. The minimum absolute atomic E-state index is 0.0646.